The SMILES string of the molecule is COC(=O)c1cc(OC)c(OC)cc1NS(=O)(=O)c1ccc(NC(C)=O)c(C)c1. The second-order valence-electron chi connectivity index (χ2n) is 6.01. The van der Waals surface area contributed by atoms with Gasteiger partial charge in [0.25, 0.3) is 10.0 Å². The molecule has 0 heterocycles. The van der Waals surface area contributed by atoms with Gasteiger partial charge in [0.1, 0.15) is 0 Å². The van der Waals surface area contributed by atoms with Crippen LogP contribution in [0.5, 0.6) is 11.5 Å². The quantitative estimate of drug-likeness (QED) is 0.658. The molecule has 0 unspecified atom stereocenters. The lowest BCUT2D eigenvalue weighted by atomic mass is 10.1. The highest BCUT2D eigenvalue weighted by atomic mass is 32.2. The van der Waals surface area contributed by atoms with Crippen LogP contribution in [0.15, 0.2) is 35.2 Å². The number of rotatable bonds is 7. The van der Waals surface area contributed by atoms with E-state index in [4.69, 9.17) is 14.2 Å². The summed E-state index contributed by atoms with van der Waals surface area (Å²) in [5, 5.41) is 2.62. The van der Waals surface area contributed by atoms with Gasteiger partial charge in [-0.15, -0.1) is 0 Å². The molecule has 0 aliphatic carbocycles. The highest BCUT2D eigenvalue weighted by molar-refractivity contribution is 7.92. The van der Waals surface area contributed by atoms with E-state index in [1.54, 1.807) is 6.92 Å². The minimum atomic E-state index is -4.06. The molecule has 0 fully saturated rings. The number of amides is 1. The topological polar surface area (TPSA) is 120 Å². The van der Waals surface area contributed by atoms with Gasteiger partial charge in [-0.25, -0.2) is 13.2 Å². The number of methoxy groups -OCH3 is 3. The molecule has 0 spiro atoms. The van der Waals surface area contributed by atoms with E-state index in [2.05, 4.69) is 10.0 Å². The first kappa shape index (κ1) is 22.0. The average molecular weight is 422 g/mol. The summed E-state index contributed by atoms with van der Waals surface area (Å²) in [4.78, 5) is 23.3. The Morgan fingerprint density at radius 1 is 0.931 bits per heavy atom. The summed E-state index contributed by atoms with van der Waals surface area (Å²) in [6, 6.07) is 6.90. The summed E-state index contributed by atoms with van der Waals surface area (Å²) in [7, 11) is -0.0967. The van der Waals surface area contributed by atoms with Gasteiger partial charge in [-0.3, -0.25) is 9.52 Å². The fourth-order valence-corrected chi connectivity index (χ4v) is 3.73. The van der Waals surface area contributed by atoms with Gasteiger partial charge in [0, 0.05) is 24.7 Å². The fraction of sp³-hybridized carbons (Fsp3) is 0.263. The van der Waals surface area contributed by atoms with Crippen molar-refractivity contribution in [2.45, 2.75) is 18.7 Å². The van der Waals surface area contributed by atoms with E-state index in [0.29, 0.717) is 11.3 Å². The van der Waals surface area contributed by atoms with Crippen molar-refractivity contribution in [1.82, 2.24) is 0 Å². The number of aryl methyl sites for hydroxylation is 1. The van der Waals surface area contributed by atoms with Crippen molar-refractivity contribution in [2.24, 2.45) is 0 Å². The molecule has 1 amide bonds. The number of carbonyl (C=O) groups is 2. The van der Waals surface area contributed by atoms with Crippen LogP contribution >= 0.6 is 0 Å². The van der Waals surface area contributed by atoms with Crippen molar-refractivity contribution in [3.8, 4) is 11.5 Å². The summed E-state index contributed by atoms with van der Waals surface area (Å²) in [6.07, 6.45) is 0. The zero-order valence-electron chi connectivity index (χ0n) is 16.7. The molecule has 0 aliphatic heterocycles. The maximum Gasteiger partial charge on any atom is 0.340 e. The average Bonchev–Trinajstić information content (AvgIpc) is 2.67. The van der Waals surface area contributed by atoms with Crippen molar-refractivity contribution in [3.05, 3.63) is 41.5 Å². The van der Waals surface area contributed by atoms with E-state index in [0.717, 1.165) is 0 Å². The molecular weight excluding hydrogens is 400 g/mol. The number of benzene rings is 2. The van der Waals surface area contributed by atoms with E-state index < -0.39 is 16.0 Å². The molecule has 0 aromatic heterocycles. The zero-order valence-corrected chi connectivity index (χ0v) is 17.5. The number of carbonyl (C=O) groups excluding carboxylic acids is 2. The minimum Gasteiger partial charge on any atom is -0.493 e. The first-order chi connectivity index (χ1) is 13.6. The largest absolute Gasteiger partial charge is 0.493 e. The molecule has 0 bridgehead atoms. The van der Waals surface area contributed by atoms with Crippen LogP contribution in [-0.2, 0) is 19.6 Å². The Hall–Kier alpha value is -3.27. The van der Waals surface area contributed by atoms with E-state index >= 15 is 0 Å². The predicted molar refractivity (Wildman–Crippen MR) is 107 cm³/mol. The van der Waals surface area contributed by atoms with Gasteiger partial charge in [0.2, 0.25) is 5.91 Å². The van der Waals surface area contributed by atoms with Crippen LogP contribution in [0.3, 0.4) is 0 Å². The van der Waals surface area contributed by atoms with Crippen molar-refractivity contribution in [2.75, 3.05) is 31.4 Å². The lowest BCUT2D eigenvalue weighted by molar-refractivity contribution is -0.114. The Morgan fingerprint density at radius 3 is 2.07 bits per heavy atom. The number of anilines is 2. The molecule has 10 heteroatoms. The van der Waals surface area contributed by atoms with Crippen molar-refractivity contribution < 1.29 is 32.2 Å². The predicted octanol–water partition coefficient (Wildman–Crippen LogP) is 2.56. The van der Waals surface area contributed by atoms with Crippen LogP contribution in [-0.4, -0.2) is 41.6 Å². The van der Waals surface area contributed by atoms with Gasteiger partial charge in [0.05, 0.1) is 37.5 Å². The first-order valence-corrected chi connectivity index (χ1v) is 9.86. The zero-order chi connectivity index (χ0) is 21.8. The third-order valence-corrected chi connectivity index (χ3v) is 5.36. The van der Waals surface area contributed by atoms with Gasteiger partial charge in [-0.2, -0.15) is 0 Å². The van der Waals surface area contributed by atoms with Crippen LogP contribution in [0.1, 0.15) is 22.8 Å². The Balaban J connectivity index is 2.50. The summed E-state index contributed by atoms with van der Waals surface area (Å²) >= 11 is 0. The molecule has 29 heavy (non-hydrogen) atoms. The maximum atomic E-state index is 12.9. The number of sulfonamides is 1. The second kappa shape index (κ2) is 8.82. The standard InChI is InChI=1S/C19H22N2O7S/c1-11-8-13(6-7-15(11)20-12(2)22)29(24,25)21-16-10-18(27-4)17(26-3)9-14(16)19(23)28-5/h6-10,21H,1-5H3,(H,20,22). The van der Waals surface area contributed by atoms with Crippen LogP contribution in [0, 0.1) is 6.92 Å². The molecule has 2 rings (SSSR count). The van der Waals surface area contributed by atoms with Crippen LogP contribution in [0.4, 0.5) is 11.4 Å². The maximum absolute atomic E-state index is 12.9. The molecule has 2 aromatic carbocycles. The minimum absolute atomic E-state index is 0.0295. The Morgan fingerprint density at radius 2 is 1.55 bits per heavy atom. The molecule has 0 saturated heterocycles. The smallest absolute Gasteiger partial charge is 0.340 e. The molecule has 9 nitrogen and oxygen atoms in total. The number of esters is 1. The molecule has 0 aliphatic rings. The van der Waals surface area contributed by atoms with E-state index in [-0.39, 0.29) is 33.6 Å². The summed E-state index contributed by atoms with van der Waals surface area (Å²) in [5.41, 5.74) is 0.986. The van der Waals surface area contributed by atoms with Crippen LogP contribution < -0.4 is 19.5 Å². The lowest BCUT2D eigenvalue weighted by Gasteiger charge is -2.16. The number of ether oxygens (including phenoxy) is 3. The van der Waals surface area contributed by atoms with Crippen molar-refractivity contribution in [3.63, 3.8) is 0 Å². The monoisotopic (exact) mass is 422 g/mol. The van der Waals surface area contributed by atoms with Crippen LogP contribution in [0.2, 0.25) is 0 Å². The third kappa shape index (κ3) is 4.96. The molecule has 2 N–H and O–H groups in total. The van der Waals surface area contributed by atoms with Gasteiger partial charge in [-0.05, 0) is 30.7 Å². The Bertz CT molecular complexity index is 1050. The van der Waals surface area contributed by atoms with Gasteiger partial charge in [-0.1, -0.05) is 0 Å². The summed E-state index contributed by atoms with van der Waals surface area (Å²) in [6.45, 7) is 3.03. The van der Waals surface area contributed by atoms with E-state index in [1.165, 1.54) is 58.6 Å². The molecule has 156 valence electrons. The Kier molecular flexibility index (Phi) is 6.70. The van der Waals surface area contributed by atoms with Crippen molar-refractivity contribution >= 4 is 33.3 Å². The number of hydrogen-bond acceptors (Lipinski definition) is 7. The van der Waals surface area contributed by atoms with Gasteiger partial charge in [0.15, 0.2) is 11.5 Å². The highest BCUT2D eigenvalue weighted by Crippen LogP contribution is 2.35. The molecular formula is C19H22N2O7S. The molecule has 0 saturated carbocycles. The molecule has 0 atom stereocenters. The number of hydrogen-bond donors (Lipinski definition) is 2. The summed E-state index contributed by atoms with van der Waals surface area (Å²) < 4.78 is 43.2. The molecule has 0 radical (unpaired) electrons. The second-order valence-corrected chi connectivity index (χ2v) is 7.69. The van der Waals surface area contributed by atoms with Crippen molar-refractivity contribution in [1.29, 1.82) is 0 Å². The normalized spacial score (nSPS) is 10.8. The number of nitrogens with one attached hydrogen (secondary N) is 2. The van der Waals surface area contributed by atoms with E-state index in [9.17, 15) is 18.0 Å². The lowest BCUT2D eigenvalue weighted by Crippen LogP contribution is -2.17. The highest BCUT2D eigenvalue weighted by Gasteiger charge is 2.23. The van der Waals surface area contributed by atoms with Gasteiger partial charge < -0.3 is 19.5 Å². The first-order valence-electron chi connectivity index (χ1n) is 8.38. The third-order valence-electron chi connectivity index (χ3n) is 3.99. The fourth-order valence-electron chi connectivity index (χ4n) is 2.58. The summed E-state index contributed by atoms with van der Waals surface area (Å²) in [5.74, 6) is -0.544. The Labute approximate surface area is 169 Å². The van der Waals surface area contributed by atoms with Gasteiger partial charge >= 0.3 is 5.97 Å². The van der Waals surface area contributed by atoms with Crippen LogP contribution in [0.25, 0.3) is 0 Å². The van der Waals surface area contributed by atoms with E-state index in [1.807, 2.05) is 0 Å². The molecule has 2 aromatic rings.